The summed E-state index contributed by atoms with van der Waals surface area (Å²) in [6.45, 7) is 0.141. The predicted octanol–water partition coefficient (Wildman–Crippen LogP) is 4.04. The fraction of sp³-hybridized carbons (Fsp3) is 0.286. The highest BCUT2D eigenvalue weighted by atomic mass is 79.9. The summed E-state index contributed by atoms with van der Waals surface area (Å²) in [6.07, 6.45) is 1.60. The van der Waals surface area contributed by atoms with Crippen molar-refractivity contribution < 1.29 is 9.50 Å². The van der Waals surface area contributed by atoms with E-state index in [9.17, 15) is 9.50 Å². The number of hydrogen-bond acceptors (Lipinski definition) is 2. The van der Waals surface area contributed by atoms with E-state index in [1.807, 2.05) is 11.4 Å². The monoisotopic (exact) mass is 328 g/mol. The number of hydrogen-bond donors (Lipinski definition) is 1. The highest BCUT2D eigenvalue weighted by molar-refractivity contribution is 9.10. The van der Waals surface area contributed by atoms with E-state index in [1.54, 1.807) is 23.5 Å². The van der Waals surface area contributed by atoms with Crippen molar-refractivity contribution in [3.8, 4) is 0 Å². The van der Waals surface area contributed by atoms with E-state index in [1.165, 1.54) is 17.0 Å². The first kappa shape index (κ1) is 13.7. The van der Waals surface area contributed by atoms with Gasteiger partial charge in [-0.05, 0) is 63.8 Å². The van der Waals surface area contributed by atoms with Crippen LogP contribution in [0.3, 0.4) is 0 Å². The number of aliphatic hydroxyl groups excluding tert-OH is 1. The zero-order chi connectivity index (χ0) is 13.0. The number of thiophene rings is 1. The number of rotatable bonds is 5. The van der Waals surface area contributed by atoms with E-state index < -0.39 is 0 Å². The maximum atomic E-state index is 12.8. The lowest BCUT2D eigenvalue weighted by Gasteiger charge is -2.13. The van der Waals surface area contributed by atoms with Gasteiger partial charge in [0.25, 0.3) is 0 Å². The van der Waals surface area contributed by atoms with Gasteiger partial charge in [0.2, 0.25) is 0 Å². The maximum absolute atomic E-state index is 12.8. The van der Waals surface area contributed by atoms with Gasteiger partial charge in [0.15, 0.2) is 0 Å². The quantitative estimate of drug-likeness (QED) is 0.878. The standard InChI is InChI=1S/C14H14BrFOS/c15-13-5-6-18-14(13)8-11(9-17)7-10-1-3-12(16)4-2-10/h1-6,11,17H,7-9H2. The molecule has 0 fully saturated rings. The molecule has 0 bridgehead atoms. The summed E-state index contributed by atoms with van der Waals surface area (Å²) < 4.78 is 13.9. The molecule has 0 spiro atoms. The third-order valence-corrected chi connectivity index (χ3v) is 4.81. The van der Waals surface area contributed by atoms with Crippen LogP contribution in [0.4, 0.5) is 4.39 Å². The molecule has 0 amide bonds. The van der Waals surface area contributed by atoms with Crippen LogP contribution in [0, 0.1) is 11.7 Å². The van der Waals surface area contributed by atoms with Crippen molar-refractivity contribution in [1.82, 2.24) is 0 Å². The summed E-state index contributed by atoms with van der Waals surface area (Å²) in [5.74, 6) is -0.0503. The van der Waals surface area contributed by atoms with Gasteiger partial charge in [0.1, 0.15) is 5.82 Å². The smallest absolute Gasteiger partial charge is 0.123 e. The van der Waals surface area contributed by atoms with E-state index >= 15 is 0 Å². The minimum absolute atomic E-state index is 0.141. The molecule has 2 rings (SSSR count). The molecule has 96 valence electrons. The first-order valence-corrected chi connectivity index (χ1v) is 7.43. The van der Waals surface area contributed by atoms with Gasteiger partial charge >= 0.3 is 0 Å². The average Bonchev–Trinajstić information content (AvgIpc) is 2.77. The summed E-state index contributed by atoms with van der Waals surface area (Å²) in [6, 6.07) is 8.50. The van der Waals surface area contributed by atoms with Gasteiger partial charge in [0.05, 0.1) is 0 Å². The van der Waals surface area contributed by atoms with Gasteiger partial charge in [-0.15, -0.1) is 11.3 Å². The zero-order valence-corrected chi connectivity index (χ0v) is 12.2. The SMILES string of the molecule is OCC(Cc1ccc(F)cc1)Cc1sccc1Br. The van der Waals surface area contributed by atoms with E-state index in [2.05, 4.69) is 15.9 Å². The van der Waals surface area contributed by atoms with Crippen LogP contribution in [0.15, 0.2) is 40.2 Å². The molecule has 0 saturated carbocycles. The Bertz CT molecular complexity index is 495. The Morgan fingerprint density at radius 1 is 1.17 bits per heavy atom. The second-order valence-electron chi connectivity index (χ2n) is 4.28. The molecule has 1 unspecified atom stereocenters. The topological polar surface area (TPSA) is 20.2 Å². The minimum atomic E-state index is -0.222. The van der Waals surface area contributed by atoms with Gasteiger partial charge in [0, 0.05) is 16.0 Å². The molecule has 0 aliphatic heterocycles. The van der Waals surface area contributed by atoms with Crippen LogP contribution in [0.25, 0.3) is 0 Å². The first-order chi connectivity index (χ1) is 8.69. The van der Waals surface area contributed by atoms with Crippen LogP contribution < -0.4 is 0 Å². The number of aliphatic hydroxyl groups is 1. The van der Waals surface area contributed by atoms with E-state index in [4.69, 9.17) is 0 Å². The lowest BCUT2D eigenvalue weighted by Crippen LogP contribution is -2.12. The van der Waals surface area contributed by atoms with Gasteiger partial charge in [-0.25, -0.2) is 4.39 Å². The molecule has 0 aliphatic carbocycles. The Kier molecular flexibility index (Phi) is 4.92. The Labute approximate surface area is 118 Å². The Hall–Kier alpha value is -0.710. The number of benzene rings is 1. The molecule has 0 radical (unpaired) electrons. The lowest BCUT2D eigenvalue weighted by molar-refractivity contribution is 0.225. The highest BCUT2D eigenvalue weighted by Gasteiger charge is 2.12. The summed E-state index contributed by atoms with van der Waals surface area (Å²) in [7, 11) is 0. The Morgan fingerprint density at radius 2 is 1.89 bits per heavy atom. The molecular formula is C14H14BrFOS. The van der Waals surface area contributed by atoms with Crippen molar-refractivity contribution in [2.75, 3.05) is 6.61 Å². The second kappa shape index (κ2) is 6.45. The van der Waals surface area contributed by atoms with Crippen molar-refractivity contribution >= 4 is 27.3 Å². The molecule has 1 N–H and O–H groups in total. The third kappa shape index (κ3) is 3.64. The molecule has 1 aromatic carbocycles. The zero-order valence-electron chi connectivity index (χ0n) is 9.77. The van der Waals surface area contributed by atoms with E-state index in [-0.39, 0.29) is 18.3 Å². The molecule has 4 heteroatoms. The van der Waals surface area contributed by atoms with Gasteiger partial charge in [-0.2, -0.15) is 0 Å². The van der Waals surface area contributed by atoms with Crippen molar-refractivity contribution in [2.24, 2.45) is 5.92 Å². The van der Waals surface area contributed by atoms with Crippen LogP contribution in [0.2, 0.25) is 0 Å². The Balaban J connectivity index is 2.01. The minimum Gasteiger partial charge on any atom is -0.396 e. The molecule has 18 heavy (non-hydrogen) atoms. The van der Waals surface area contributed by atoms with Crippen LogP contribution in [0.5, 0.6) is 0 Å². The highest BCUT2D eigenvalue weighted by Crippen LogP contribution is 2.26. The lowest BCUT2D eigenvalue weighted by atomic mass is 9.96. The predicted molar refractivity (Wildman–Crippen MR) is 76.4 cm³/mol. The van der Waals surface area contributed by atoms with Crippen LogP contribution in [-0.2, 0) is 12.8 Å². The van der Waals surface area contributed by atoms with Gasteiger partial charge in [-0.3, -0.25) is 0 Å². The second-order valence-corrected chi connectivity index (χ2v) is 6.13. The molecular weight excluding hydrogens is 315 g/mol. The van der Waals surface area contributed by atoms with Crippen molar-refractivity contribution in [1.29, 1.82) is 0 Å². The summed E-state index contributed by atoms with van der Waals surface area (Å²) in [5, 5.41) is 11.5. The van der Waals surface area contributed by atoms with Gasteiger partial charge < -0.3 is 5.11 Å². The summed E-state index contributed by atoms with van der Waals surface area (Å²) >= 11 is 5.19. The van der Waals surface area contributed by atoms with Crippen LogP contribution in [-0.4, -0.2) is 11.7 Å². The van der Waals surface area contributed by atoms with E-state index in [0.717, 1.165) is 22.9 Å². The fourth-order valence-electron chi connectivity index (χ4n) is 1.89. The van der Waals surface area contributed by atoms with Gasteiger partial charge in [-0.1, -0.05) is 12.1 Å². The molecule has 0 aliphatic rings. The molecule has 1 aromatic heterocycles. The fourth-order valence-corrected chi connectivity index (χ4v) is 3.52. The molecule has 1 nitrogen and oxygen atoms in total. The normalized spacial score (nSPS) is 12.6. The maximum Gasteiger partial charge on any atom is 0.123 e. The Morgan fingerprint density at radius 3 is 2.44 bits per heavy atom. The summed E-state index contributed by atoms with van der Waals surface area (Å²) in [4.78, 5) is 1.25. The van der Waals surface area contributed by atoms with Crippen molar-refractivity contribution in [2.45, 2.75) is 12.8 Å². The summed E-state index contributed by atoms with van der Waals surface area (Å²) in [5.41, 5.74) is 1.06. The van der Waals surface area contributed by atoms with Crippen LogP contribution >= 0.6 is 27.3 Å². The first-order valence-electron chi connectivity index (χ1n) is 5.76. The van der Waals surface area contributed by atoms with Crippen molar-refractivity contribution in [3.63, 3.8) is 0 Å². The molecule has 0 saturated heterocycles. The van der Waals surface area contributed by atoms with Crippen molar-refractivity contribution in [3.05, 3.63) is 56.4 Å². The molecule has 1 heterocycles. The van der Waals surface area contributed by atoms with E-state index in [0.29, 0.717) is 0 Å². The molecule has 1 atom stereocenters. The average molecular weight is 329 g/mol. The number of halogens is 2. The third-order valence-electron chi connectivity index (χ3n) is 2.86. The van der Waals surface area contributed by atoms with Crippen LogP contribution in [0.1, 0.15) is 10.4 Å². The molecule has 2 aromatic rings. The largest absolute Gasteiger partial charge is 0.396 e.